The minimum absolute atomic E-state index is 0.0235. The average molecular weight is 411 g/mol. The lowest BCUT2D eigenvalue weighted by atomic mass is 10.00. The second kappa shape index (κ2) is 7.83. The van der Waals surface area contributed by atoms with Gasteiger partial charge in [0.1, 0.15) is 0 Å². The number of thioether (sulfide) groups is 1. The highest BCUT2D eigenvalue weighted by molar-refractivity contribution is 8.01. The number of amides is 2. The van der Waals surface area contributed by atoms with E-state index in [-0.39, 0.29) is 28.4 Å². The molecule has 6 nitrogen and oxygen atoms in total. The van der Waals surface area contributed by atoms with Crippen molar-refractivity contribution in [3.8, 4) is 0 Å². The molecule has 1 saturated heterocycles. The van der Waals surface area contributed by atoms with Crippen molar-refractivity contribution in [2.75, 3.05) is 18.4 Å². The molecular formula is C19H26N2O4S2. The summed E-state index contributed by atoms with van der Waals surface area (Å²) in [5, 5.41) is 1.74. The van der Waals surface area contributed by atoms with Gasteiger partial charge in [0.15, 0.2) is 9.84 Å². The van der Waals surface area contributed by atoms with Crippen LogP contribution in [0.1, 0.15) is 40.0 Å². The maximum atomic E-state index is 13.0. The molecular weight excluding hydrogens is 384 g/mol. The Morgan fingerprint density at radius 1 is 1.37 bits per heavy atom. The monoisotopic (exact) mass is 410 g/mol. The van der Waals surface area contributed by atoms with Crippen LogP contribution in [-0.4, -0.2) is 48.7 Å². The number of fused-ring (bicyclic) bond motifs is 1. The van der Waals surface area contributed by atoms with Gasteiger partial charge in [-0.3, -0.25) is 9.59 Å². The van der Waals surface area contributed by atoms with Crippen LogP contribution in [0.2, 0.25) is 0 Å². The zero-order valence-electron chi connectivity index (χ0n) is 15.9. The third-order valence-electron chi connectivity index (χ3n) is 5.21. The first-order valence-electron chi connectivity index (χ1n) is 9.31. The lowest BCUT2D eigenvalue weighted by molar-refractivity contribution is -0.132. The first kappa shape index (κ1) is 20.2. The molecule has 27 heavy (non-hydrogen) atoms. The molecule has 1 N–H and O–H groups in total. The second-order valence-electron chi connectivity index (χ2n) is 7.55. The Bertz CT molecular complexity index is 853. The van der Waals surface area contributed by atoms with Gasteiger partial charge < -0.3 is 10.2 Å². The minimum atomic E-state index is -3.66. The summed E-state index contributed by atoms with van der Waals surface area (Å²) >= 11 is 1.41. The molecule has 0 spiro atoms. The Labute approximate surface area is 165 Å². The summed E-state index contributed by atoms with van der Waals surface area (Å²) < 4.78 is 25.9. The molecule has 2 amide bonds. The van der Waals surface area contributed by atoms with Gasteiger partial charge >= 0.3 is 0 Å². The summed E-state index contributed by atoms with van der Waals surface area (Å²) in [7, 11) is -3.66. The number of benzene rings is 1. The van der Waals surface area contributed by atoms with E-state index in [1.165, 1.54) is 17.8 Å². The Morgan fingerprint density at radius 3 is 2.81 bits per heavy atom. The fourth-order valence-corrected chi connectivity index (χ4v) is 5.79. The zero-order chi connectivity index (χ0) is 19.8. The van der Waals surface area contributed by atoms with Crippen molar-refractivity contribution in [1.82, 2.24) is 4.90 Å². The van der Waals surface area contributed by atoms with Crippen LogP contribution in [0.4, 0.5) is 5.69 Å². The van der Waals surface area contributed by atoms with E-state index in [1.54, 1.807) is 24.0 Å². The van der Waals surface area contributed by atoms with Crippen LogP contribution in [0.15, 0.2) is 28.0 Å². The third kappa shape index (κ3) is 4.32. The number of likely N-dealkylation sites (tertiary alicyclic amines) is 1. The molecule has 1 fully saturated rings. The highest BCUT2D eigenvalue weighted by Gasteiger charge is 2.31. The van der Waals surface area contributed by atoms with Crippen LogP contribution >= 0.6 is 11.8 Å². The molecule has 148 valence electrons. The van der Waals surface area contributed by atoms with Crippen LogP contribution in [0.5, 0.6) is 0 Å². The molecule has 3 rings (SSSR count). The van der Waals surface area contributed by atoms with Gasteiger partial charge in [-0.2, -0.15) is 0 Å². The highest BCUT2D eigenvalue weighted by Crippen LogP contribution is 2.37. The van der Waals surface area contributed by atoms with E-state index in [0.717, 1.165) is 17.7 Å². The van der Waals surface area contributed by atoms with Gasteiger partial charge in [-0.1, -0.05) is 6.92 Å². The number of rotatable bonds is 4. The molecule has 1 aromatic rings. The van der Waals surface area contributed by atoms with Gasteiger partial charge in [-0.25, -0.2) is 8.42 Å². The number of nitrogens with one attached hydrogen (secondary N) is 1. The SMILES string of the molecule is C[C@@H]1CCCN(C(=O)C[C@@H](C)S(=O)(=O)c2ccc3c(c2)NC(=O)[C@@H](C)S3)C1. The smallest absolute Gasteiger partial charge is 0.237 e. The van der Waals surface area contributed by atoms with Gasteiger partial charge in [-0.15, -0.1) is 11.8 Å². The lowest BCUT2D eigenvalue weighted by Crippen LogP contribution is -2.41. The van der Waals surface area contributed by atoms with E-state index in [0.29, 0.717) is 24.7 Å². The lowest BCUT2D eigenvalue weighted by Gasteiger charge is -2.31. The summed E-state index contributed by atoms with van der Waals surface area (Å²) in [5.74, 6) is 0.219. The Morgan fingerprint density at radius 2 is 2.11 bits per heavy atom. The van der Waals surface area contributed by atoms with Crippen LogP contribution in [0.3, 0.4) is 0 Å². The summed E-state index contributed by atoms with van der Waals surface area (Å²) in [4.78, 5) is 27.2. The largest absolute Gasteiger partial charge is 0.342 e. The number of piperidine rings is 1. The van der Waals surface area contributed by atoms with E-state index in [4.69, 9.17) is 0 Å². The van der Waals surface area contributed by atoms with Crippen LogP contribution in [-0.2, 0) is 19.4 Å². The van der Waals surface area contributed by atoms with Gasteiger partial charge in [-0.05, 0) is 50.8 Å². The predicted octanol–water partition coefficient (Wildman–Crippen LogP) is 2.93. The van der Waals surface area contributed by atoms with E-state index in [9.17, 15) is 18.0 Å². The van der Waals surface area contributed by atoms with E-state index >= 15 is 0 Å². The normalized spacial score (nSPS) is 24.1. The highest BCUT2D eigenvalue weighted by atomic mass is 32.2. The molecule has 2 aliphatic heterocycles. The number of carbonyl (C=O) groups excluding carboxylic acids is 2. The van der Waals surface area contributed by atoms with Crippen molar-refractivity contribution in [2.24, 2.45) is 5.92 Å². The van der Waals surface area contributed by atoms with E-state index < -0.39 is 15.1 Å². The average Bonchev–Trinajstić information content (AvgIpc) is 2.62. The zero-order valence-corrected chi connectivity index (χ0v) is 17.5. The first-order valence-corrected chi connectivity index (χ1v) is 11.7. The molecule has 8 heteroatoms. The molecule has 3 atom stereocenters. The Kier molecular flexibility index (Phi) is 5.86. The molecule has 0 saturated carbocycles. The molecule has 0 aromatic heterocycles. The van der Waals surface area contributed by atoms with Crippen LogP contribution in [0, 0.1) is 5.92 Å². The summed E-state index contributed by atoms with van der Waals surface area (Å²) in [6.07, 6.45) is 2.05. The fraction of sp³-hybridized carbons (Fsp3) is 0.579. The maximum Gasteiger partial charge on any atom is 0.237 e. The van der Waals surface area contributed by atoms with Crippen molar-refractivity contribution in [1.29, 1.82) is 0 Å². The molecule has 0 unspecified atom stereocenters. The van der Waals surface area contributed by atoms with Crippen molar-refractivity contribution in [3.05, 3.63) is 18.2 Å². The molecule has 0 radical (unpaired) electrons. The van der Waals surface area contributed by atoms with Gasteiger partial charge in [0, 0.05) is 24.4 Å². The van der Waals surface area contributed by atoms with Crippen molar-refractivity contribution in [2.45, 2.75) is 60.3 Å². The Balaban J connectivity index is 1.75. The topological polar surface area (TPSA) is 83.6 Å². The van der Waals surface area contributed by atoms with Gasteiger partial charge in [0.25, 0.3) is 0 Å². The summed E-state index contributed by atoms with van der Waals surface area (Å²) in [6.45, 7) is 6.90. The van der Waals surface area contributed by atoms with Crippen molar-refractivity contribution >= 4 is 39.1 Å². The molecule has 2 heterocycles. The summed E-state index contributed by atoms with van der Waals surface area (Å²) in [6, 6.07) is 4.80. The fourth-order valence-electron chi connectivity index (χ4n) is 3.50. The number of hydrogen-bond donors (Lipinski definition) is 1. The quantitative estimate of drug-likeness (QED) is 0.825. The van der Waals surface area contributed by atoms with Crippen molar-refractivity contribution < 1.29 is 18.0 Å². The second-order valence-corrected chi connectivity index (χ2v) is 11.3. The number of sulfone groups is 1. The van der Waals surface area contributed by atoms with Crippen molar-refractivity contribution in [3.63, 3.8) is 0 Å². The molecule has 0 bridgehead atoms. The third-order valence-corrected chi connectivity index (χ3v) is 8.53. The molecule has 0 aliphatic carbocycles. The van der Waals surface area contributed by atoms with Crippen LogP contribution in [0.25, 0.3) is 0 Å². The van der Waals surface area contributed by atoms with E-state index in [2.05, 4.69) is 12.2 Å². The summed E-state index contributed by atoms with van der Waals surface area (Å²) in [5.41, 5.74) is 0.521. The maximum absolute atomic E-state index is 13.0. The molecule has 1 aromatic carbocycles. The Hall–Kier alpha value is -1.54. The van der Waals surface area contributed by atoms with E-state index in [1.807, 2.05) is 6.92 Å². The van der Waals surface area contributed by atoms with Crippen LogP contribution < -0.4 is 5.32 Å². The molecule has 2 aliphatic rings. The number of hydrogen-bond acceptors (Lipinski definition) is 5. The van der Waals surface area contributed by atoms with Gasteiger partial charge in [0.2, 0.25) is 11.8 Å². The number of carbonyl (C=O) groups is 2. The first-order chi connectivity index (χ1) is 12.7. The number of anilines is 1. The predicted molar refractivity (Wildman–Crippen MR) is 107 cm³/mol. The van der Waals surface area contributed by atoms with Gasteiger partial charge in [0.05, 0.1) is 21.1 Å². The number of nitrogens with zero attached hydrogens (tertiary/aromatic N) is 1. The minimum Gasteiger partial charge on any atom is -0.342 e. The standard InChI is InChI=1S/C19H26N2O4S2/c1-12-5-4-8-21(11-12)18(22)9-13(2)27(24,25)15-6-7-17-16(10-15)20-19(23)14(3)26-17/h6-7,10,12-14H,4-5,8-9,11H2,1-3H3,(H,20,23)/t12-,13-,14-/m1/s1.